The summed E-state index contributed by atoms with van der Waals surface area (Å²) >= 11 is 0. The number of pyridine rings is 1. The van der Waals surface area contributed by atoms with Crippen LogP contribution >= 0.6 is 0 Å². The highest BCUT2D eigenvalue weighted by Crippen LogP contribution is 2.32. The normalized spacial score (nSPS) is 16.5. The lowest BCUT2D eigenvalue weighted by Gasteiger charge is -2.23. The first-order valence-electron chi connectivity index (χ1n) is 9.56. The number of nitrogens with one attached hydrogen (secondary N) is 1. The number of rotatable bonds is 4. The van der Waals surface area contributed by atoms with Crippen LogP contribution in [0, 0.1) is 0 Å². The summed E-state index contributed by atoms with van der Waals surface area (Å²) in [4.78, 5) is 20.0. The molecule has 3 aromatic heterocycles. The minimum Gasteiger partial charge on any atom is -0.341 e. The Hall–Kier alpha value is -3.24. The van der Waals surface area contributed by atoms with Crippen LogP contribution in [0.5, 0.6) is 0 Å². The molecule has 0 aromatic carbocycles. The van der Waals surface area contributed by atoms with E-state index in [0.29, 0.717) is 24.2 Å². The molecule has 4 rings (SSSR count). The van der Waals surface area contributed by atoms with Gasteiger partial charge >= 0.3 is 6.18 Å². The van der Waals surface area contributed by atoms with Crippen LogP contribution in [0.25, 0.3) is 11.3 Å². The van der Waals surface area contributed by atoms with Gasteiger partial charge in [0.2, 0.25) is 5.82 Å². The van der Waals surface area contributed by atoms with Crippen molar-refractivity contribution in [3.8, 4) is 11.3 Å². The average molecular weight is 419 g/mol. The molecule has 1 aliphatic rings. The molecule has 0 bridgehead atoms. The molecule has 0 fully saturated rings. The molecule has 4 heterocycles. The van der Waals surface area contributed by atoms with Crippen molar-refractivity contribution in [2.24, 2.45) is 0 Å². The lowest BCUT2D eigenvalue weighted by molar-refractivity contribution is -0.141. The van der Waals surface area contributed by atoms with Crippen LogP contribution in [0.4, 0.5) is 13.2 Å². The second-order valence-electron chi connectivity index (χ2n) is 7.42. The van der Waals surface area contributed by atoms with Gasteiger partial charge in [0.15, 0.2) is 0 Å². The summed E-state index contributed by atoms with van der Waals surface area (Å²) in [5.74, 6) is -0.330. The van der Waals surface area contributed by atoms with Crippen LogP contribution in [0.3, 0.4) is 0 Å². The fourth-order valence-corrected chi connectivity index (χ4v) is 3.37. The predicted molar refractivity (Wildman–Crippen MR) is 100 cm³/mol. The number of aryl methyl sites for hydroxylation is 1. The highest BCUT2D eigenvalue weighted by molar-refractivity contribution is 5.90. The zero-order valence-corrected chi connectivity index (χ0v) is 16.4. The molecule has 1 N–H and O–H groups in total. The van der Waals surface area contributed by atoms with Gasteiger partial charge in [-0.25, -0.2) is 9.67 Å². The summed E-state index contributed by atoms with van der Waals surface area (Å²) in [6.07, 6.45) is -0.446. The molecule has 3 aromatic rings. The first-order chi connectivity index (χ1) is 14.2. The zero-order chi connectivity index (χ0) is 21.5. The van der Waals surface area contributed by atoms with Gasteiger partial charge in [-0.2, -0.15) is 18.3 Å². The number of hydrogen-bond donors (Lipinski definition) is 1. The van der Waals surface area contributed by atoms with Crippen LogP contribution in [-0.2, 0) is 12.7 Å². The molecule has 1 amide bonds. The van der Waals surface area contributed by atoms with Crippen LogP contribution in [0.1, 0.15) is 60.8 Å². The number of carbonyl (C=O) groups excluding carboxylic acids is 1. The molecule has 11 heteroatoms. The molecular weight excluding hydrogens is 399 g/mol. The van der Waals surface area contributed by atoms with Gasteiger partial charge in [-0.05, 0) is 44.9 Å². The van der Waals surface area contributed by atoms with Crippen molar-refractivity contribution in [1.29, 1.82) is 0 Å². The van der Waals surface area contributed by atoms with Crippen molar-refractivity contribution in [3.63, 3.8) is 0 Å². The van der Waals surface area contributed by atoms with E-state index in [9.17, 15) is 18.0 Å². The molecule has 1 unspecified atom stereocenters. The van der Waals surface area contributed by atoms with E-state index in [1.54, 1.807) is 15.4 Å². The second kappa shape index (κ2) is 7.54. The van der Waals surface area contributed by atoms with Crippen molar-refractivity contribution in [2.45, 2.75) is 51.5 Å². The maximum Gasteiger partial charge on any atom is 0.433 e. The van der Waals surface area contributed by atoms with Crippen LogP contribution in [0.15, 0.2) is 30.7 Å². The Labute approximate surface area is 170 Å². The van der Waals surface area contributed by atoms with E-state index in [-0.39, 0.29) is 17.9 Å². The second-order valence-corrected chi connectivity index (χ2v) is 7.42. The topological polar surface area (TPSA) is 90.5 Å². The van der Waals surface area contributed by atoms with Gasteiger partial charge in [0.1, 0.15) is 12.0 Å². The molecule has 0 saturated carbocycles. The Kier molecular flexibility index (Phi) is 5.04. The van der Waals surface area contributed by atoms with Gasteiger partial charge in [-0.3, -0.25) is 14.5 Å². The Morgan fingerprint density at radius 1 is 1.23 bits per heavy atom. The molecule has 0 radical (unpaired) electrons. The summed E-state index contributed by atoms with van der Waals surface area (Å²) in [6, 6.07) is 3.92. The Balaban J connectivity index is 1.58. The van der Waals surface area contributed by atoms with Gasteiger partial charge in [0.25, 0.3) is 5.91 Å². The molecule has 1 aliphatic heterocycles. The summed E-state index contributed by atoms with van der Waals surface area (Å²) < 4.78 is 42.3. The van der Waals surface area contributed by atoms with Gasteiger partial charge in [-0.1, -0.05) is 0 Å². The smallest absolute Gasteiger partial charge is 0.341 e. The molecule has 0 saturated heterocycles. The SMILES string of the molecule is CC(C)n1cnc(C(=O)NC2CCCn3nc(-c4ccnc(C(F)(F)F)c4)cc32)n1. The van der Waals surface area contributed by atoms with Gasteiger partial charge in [0.05, 0.1) is 17.4 Å². The Morgan fingerprint density at radius 2 is 2.03 bits per heavy atom. The van der Waals surface area contributed by atoms with Crippen molar-refractivity contribution in [1.82, 2.24) is 34.8 Å². The monoisotopic (exact) mass is 419 g/mol. The van der Waals surface area contributed by atoms with Crippen molar-refractivity contribution in [2.75, 3.05) is 0 Å². The molecule has 1 atom stereocenters. The van der Waals surface area contributed by atoms with Crippen LogP contribution in [0.2, 0.25) is 0 Å². The standard InChI is InChI=1S/C19H20F3N7O/c1-11(2)29-10-24-17(27-29)18(30)25-13-4-3-7-28-15(13)9-14(26-28)12-5-6-23-16(8-12)19(20,21)22/h5-6,8-11,13H,3-4,7H2,1-2H3,(H,25,30). The van der Waals surface area contributed by atoms with E-state index in [1.807, 2.05) is 13.8 Å². The van der Waals surface area contributed by atoms with E-state index in [1.165, 1.54) is 12.4 Å². The summed E-state index contributed by atoms with van der Waals surface area (Å²) in [6.45, 7) is 4.49. The van der Waals surface area contributed by atoms with E-state index < -0.39 is 17.8 Å². The minimum absolute atomic E-state index is 0.0736. The summed E-state index contributed by atoms with van der Waals surface area (Å²) in [5, 5.41) is 11.5. The minimum atomic E-state index is -4.53. The molecular formula is C19H20F3N7O. The number of amides is 1. The molecule has 158 valence electrons. The van der Waals surface area contributed by atoms with Crippen molar-refractivity contribution < 1.29 is 18.0 Å². The van der Waals surface area contributed by atoms with E-state index in [2.05, 4.69) is 25.5 Å². The molecule has 0 aliphatic carbocycles. The van der Waals surface area contributed by atoms with E-state index in [4.69, 9.17) is 0 Å². The number of halogens is 3. The fraction of sp³-hybridized carbons (Fsp3) is 0.421. The Morgan fingerprint density at radius 3 is 2.73 bits per heavy atom. The summed E-state index contributed by atoms with van der Waals surface area (Å²) in [7, 11) is 0. The van der Waals surface area contributed by atoms with Crippen LogP contribution < -0.4 is 5.32 Å². The zero-order valence-electron chi connectivity index (χ0n) is 16.4. The third-order valence-electron chi connectivity index (χ3n) is 4.92. The summed E-state index contributed by atoms with van der Waals surface area (Å²) in [5.41, 5.74) is 0.490. The first-order valence-corrected chi connectivity index (χ1v) is 9.56. The number of nitrogens with zero attached hydrogens (tertiary/aromatic N) is 6. The lowest BCUT2D eigenvalue weighted by Crippen LogP contribution is -2.33. The predicted octanol–water partition coefficient (Wildman–Crippen LogP) is 3.40. The third kappa shape index (κ3) is 3.91. The number of hydrogen-bond acceptors (Lipinski definition) is 5. The first kappa shape index (κ1) is 20.0. The van der Waals surface area contributed by atoms with E-state index >= 15 is 0 Å². The lowest BCUT2D eigenvalue weighted by atomic mass is 10.0. The van der Waals surface area contributed by atoms with Crippen LogP contribution in [-0.4, -0.2) is 35.4 Å². The highest BCUT2D eigenvalue weighted by Gasteiger charge is 2.33. The fourth-order valence-electron chi connectivity index (χ4n) is 3.37. The third-order valence-corrected chi connectivity index (χ3v) is 4.92. The number of carbonyl (C=O) groups is 1. The maximum absolute atomic E-state index is 13.0. The maximum atomic E-state index is 13.0. The van der Waals surface area contributed by atoms with Gasteiger partial charge in [-0.15, -0.1) is 5.10 Å². The number of fused-ring (bicyclic) bond motifs is 1. The highest BCUT2D eigenvalue weighted by atomic mass is 19.4. The van der Waals surface area contributed by atoms with Crippen molar-refractivity contribution in [3.05, 3.63) is 47.9 Å². The van der Waals surface area contributed by atoms with E-state index in [0.717, 1.165) is 24.4 Å². The number of aromatic nitrogens is 6. The number of alkyl halides is 3. The molecule has 8 nitrogen and oxygen atoms in total. The van der Waals surface area contributed by atoms with Crippen molar-refractivity contribution >= 4 is 5.91 Å². The average Bonchev–Trinajstić information content (AvgIpc) is 3.35. The molecule has 30 heavy (non-hydrogen) atoms. The largest absolute Gasteiger partial charge is 0.433 e. The Bertz CT molecular complexity index is 1070. The van der Waals surface area contributed by atoms with Gasteiger partial charge < -0.3 is 5.32 Å². The van der Waals surface area contributed by atoms with Gasteiger partial charge in [0, 0.05) is 24.3 Å². The molecule has 0 spiro atoms. The quantitative estimate of drug-likeness (QED) is 0.700.